The third-order valence-electron chi connectivity index (χ3n) is 4.49. The first kappa shape index (κ1) is 17.0. The summed E-state index contributed by atoms with van der Waals surface area (Å²) in [5.74, 6) is 0.0315. The van der Waals surface area contributed by atoms with Crippen LogP contribution in [0.3, 0.4) is 0 Å². The molecule has 3 rings (SSSR count). The number of likely N-dealkylation sites (tertiary alicyclic amines) is 1. The zero-order valence-corrected chi connectivity index (χ0v) is 14.1. The van der Waals surface area contributed by atoms with Gasteiger partial charge in [-0.1, -0.05) is 18.2 Å². The average molecular weight is 341 g/mol. The molecule has 1 saturated heterocycles. The van der Waals surface area contributed by atoms with Gasteiger partial charge in [-0.3, -0.25) is 4.79 Å². The number of hydrogen-bond acceptors (Lipinski definition) is 3. The summed E-state index contributed by atoms with van der Waals surface area (Å²) in [6, 6.07) is 9.75. The van der Waals surface area contributed by atoms with Crippen molar-refractivity contribution in [3.63, 3.8) is 0 Å². The van der Waals surface area contributed by atoms with Gasteiger partial charge < -0.3 is 16.0 Å². The molecule has 0 saturated carbocycles. The van der Waals surface area contributed by atoms with E-state index in [1.165, 1.54) is 0 Å². The molecule has 1 aliphatic rings. The molecule has 1 aliphatic heterocycles. The van der Waals surface area contributed by atoms with E-state index in [1.54, 1.807) is 15.8 Å². The molecule has 3 amide bonds. The zero-order chi connectivity index (χ0) is 17.6. The summed E-state index contributed by atoms with van der Waals surface area (Å²) in [5, 5.41) is 7.25. The molecule has 2 aromatic rings. The van der Waals surface area contributed by atoms with E-state index in [4.69, 9.17) is 5.73 Å². The van der Waals surface area contributed by atoms with Crippen LogP contribution in [-0.2, 0) is 11.3 Å². The van der Waals surface area contributed by atoms with Crippen LogP contribution in [0, 0.1) is 5.92 Å². The monoisotopic (exact) mass is 341 g/mol. The number of para-hydroxylation sites is 1. The van der Waals surface area contributed by atoms with Gasteiger partial charge in [0.2, 0.25) is 5.91 Å². The van der Waals surface area contributed by atoms with Gasteiger partial charge in [-0.15, -0.1) is 0 Å². The van der Waals surface area contributed by atoms with Gasteiger partial charge >= 0.3 is 6.03 Å². The third kappa shape index (κ3) is 4.59. The summed E-state index contributed by atoms with van der Waals surface area (Å²) in [7, 11) is 0. The SMILES string of the molecule is NC(=O)CC1CCN(C(=O)NCc2cnn(-c3ccccc3)c2)CC1. The maximum absolute atomic E-state index is 12.3. The summed E-state index contributed by atoms with van der Waals surface area (Å²) in [4.78, 5) is 25.0. The minimum atomic E-state index is -0.265. The molecular formula is C18H23N5O2. The van der Waals surface area contributed by atoms with Crippen LogP contribution in [0.1, 0.15) is 24.8 Å². The Morgan fingerprint density at radius 1 is 1.20 bits per heavy atom. The summed E-state index contributed by atoms with van der Waals surface area (Å²) in [6.07, 6.45) is 5.72. The number of aromatic nitrogens is 2. The lowest BCUT2D eigenvalue weighted by Gasteiger charge is -2.31. The smallest absolute Gasteiger partial charge is 0.317 e. The van der Waals surface area contributed by atoms with Crippen molar-refractivity contribution in [2.24, 2.45) is 11.7 Å². The summed E-state index contributed by atoms with van der Waals surface area (Å²) >= 11 is 0. The maximum atomic E-state index is 12.3. The molecule has 0 atom stereocenters. The number of nitrogens with one attached hydrogen (secondary N) is 1. The molecular weight excluding hydrogens is 318 g/mol. The molecule has 2 heterocycles. The minimum absolute atomic E-state index is 0.0787. The Bertz CT molecular complexity index is 720. The fraction of sp³-hybridized carbons (Fsp3) is 0.389. The molecule has 1 aromatic heterocycles. The molecule has 132 valence electrons. The van der Waals surface area contributed by atoms with Crippen LogP contribution in [0.5, 0.6) is 0 Å². The van der Waals surface area contributed by atoms with E-state index in [0.29, 0.717) is 32.0 Å². The van der Waals surface area contributed by atoms with Crippen molar-refractivity contribution in [3.05, 3.63) is 48.3 Å². The molecule has 25 heavy (non-hydrogen) atoms. The van der Waals surface area contributed by atoms with Crippen molar-refractivity contribution in [2.75, 3.05) is 13.1 Å². The Hall–Kier alpha value is -2.83. The van der Waals surface area contributed by atoms with Crippen molar-refractivity contribution in [1.82, 2.24) is 20.0 Å². The van der Waals surface area contributed by atoms with E-state index in [-0.39, 0.29) is 11.9 Å². The number of nitrogens with zero attached hydrogens (tertiary/aromatic N) is 3. The second-order valence-corrected chi connectivity index (χ2v) is 6.39. The molecule has 0 radical (unpaired) electrons. The second-order valence-electron chi connectivity index (χ2n) is 6.39. The van der Waals surface area contributed by atoms with Crippen LogP contribution in [0.4, 0.5) is 4.79 Å². The standard InChI is InChI=1S/C18H23N5O2/c19-17(24)10-14-6-8-22(9-7-14)18(25)20-11-15-12-21-23(13-15)16-4-2-1-3-5-16/h1-5,12-14H,6-11H2,(H2,19,24)(H,20,25). The summed E-state index contributed by atoms with van der Waals surface area (Å²) in [6.45, 7) is 1.76. The molecule has 0 spiro atoms. The van der Waals surface area contributed by atoms with E-state index in [9.17, 15) is 9.59 Å². The number of piperidine rings is 1. The topological polar surface area (TPSA) is 93.2 Å². The predicted molar refractivity (Wildman–Crippen MR) is 93.9 cm³/mol. The van der Waals surface area contributed by atoms with Gasteiger partial charge in [0.15, 0.2) is 0 Å². The van der Waals surface area contributed by atoms with Gasteiger partial charge in [0.25, 0.3) is 0 Å². The Morgan fingerprint density at radius 3 is 2.60 bits per heavy atom. The Morgan fingerprint density at radius 2 is 1.92 bits per heavy atom. The van der Waals surface area contributed by atoms with Gasteiger partial charge in [0, 0.05) is 37.8 Å². The number of primary amides is 1. The highest BCUT2D eigenvalue weighted by Gasteiger charge is 2.23. The van der Waals surface area contributed by atoms with E-state index in [0.717, 1.165) is 24.1 Å². The van der Waals surface area contributed by atoms with Crippen LogP contribution in [0.15, 0.2) is 42.7 Å². The molecule has 7 heteroatoms. The Kier molecular flexibility index (Phi) is 5.33. The lowest BCUT2D eigenvalue weighted by molar-refractivity contribution is -0.119. The van der Waals surface area contributed by atoms with Gasteiger partial charge in [-0.2, -0.15) is 5.10 Å². The van der Waals surface area contributed by atoms with Gasteiger partial charge in [-0.25, -0.2) is 9.48 Å². The highest BCUT2D eigenvalue weighted by atomic mass is 16.2. The largest absolute Gasteiger partial charge is 0.370 e. The van der Waals surface area contributed by atoms with Crippen molar-refractivity contribution < 1.29 is 9.59 Å². The van der Waals surface area contributed by atoms with Crippen LogP contribution < -0.4 is 11.1 Å². The number of nitrogens with two attached hydrogens (primary N) is 1. The summed E-state index contributed by atoms with van der Waals surface area (Å²) in [5.41, 5.74) is 7.16. The van der Waals surface area contributed by atoms with E-state index < -0.39 is 0 Å². The molecule has 0 unspecified atom stereocenters. The number of carbonyl (C=O) groups is 2. The highest BCUT2D eigenvalue weighted by Crippen LogP contribution is 2.20. The number of amides is 3. The van der Waals surface area contributed by atoms with Crippen molar-refractivity contribution >= 4 is 11.9 Å². The first-order valence-electron chi connectivity index (χ1n) is 8.52. The second kappa shape index (κ2) is 7.83. The lowest BCUT2D eigenvalue weighted by Crippen LogP contribution is -2.44. The average Bonchev–Trinajstić information content (AvgIpc) is 3.10. The van der Waals surface area contributed by atoms with Crippen molar-refractivity contribution in [1.29, 1.82) is 0 Å². The molecule has 7 nitrogen and oxygen atoms in total. The van der Waals surface area contributed by atoms with E-state index in [2.05, 4.69) is 10.4 Å². The van der Waals surface area contributed by atoms with E-state index >= 15 is 0 Å². The predicted octanol–water partition coefficient (Wildman–Crippen LogP) is 1.67. The minimum Gasteiger partial charge on any atom is -0.370 e. The normalized spacial score (nSPS) is 15.1. The van der Waals surface area contributed by atoms with Crippen LogP contribution in [0.2, 0.25) is 0 Å². The fourth-order valence-corrected chi connectivity index (χ4v) is 3.09. The van der Waals surface area contributed by atoms with Crippen molar-refractivity contribution in [3.8, 4) is 5.69 Å². The molecule has 3 N–H and O–H groups in total. The Balaban J connectivity index is 1.47. The van der Waals surface area contributed by atoms with Crippen LogP contribution in [0.25, 0.3) is 5.69 Å². The molecule has 0 aliphatic carbocycles. The number of carbonyl (C=O) groups excluding carboxylic acids is 2. The lowest BCUT2D eigenvalue weighted by atomic mass is 9.93. The quantitative estimate of drug-likeness (QED) is 0.866. The van der Waals surface area contributed by atoms with Crippen LogP contribution >= 0.6 is 0 Å². The molecule has 1 aromatic carbocycles. The third-order valence-corrected chi connectivity index (χ3v) is 4.49. The number of benzene rings is 1. The Labute approximate surface area is 146 Å². The van der Waals surface area contributed by atoms with Crippen LogP contribution in [-0.4, -0.2) is 39.7 Å². The van der Waals surface area contributed by atoms with E-state index in [1.807, 2.05) is 36.5 Å². The molecule has 0 bridgehead atoms. The number of hydrogen-bond donors (Lipinski definition) is 2. The zero-order valence-electron chi connectivity index (χ0n) is 14.1. The maximum Gasteiger partial charge on any atom is 0.317 e. The fourth-order valence-electron chi connectivity index (χ4n) is 3.09. The van der Waals surface area contributed by atoms with Crippen molar-refractivity contribution in [2.45, 2.75) is 25.8 Å². The highest BCUT2D eigenvalue weighted by molar-refractivity contribution is 5.75. The van der Waals surface area contributed by atoms with Gasteiger partial charge in [-0.05, 0) is 30.9 Å². The molecule has 1 fully saturated rings. The first-order valence-corrected chi connectivity index (χ1v) is 8.52. The first-order chi connectivity index (χ1) is 12.1. The number of rotatable bonds is 5. The summed E-state index contributed by atoms with van der Waals surface area (Å²) < 4.78 is 1.79. The number of urea groups is 1. The van der Waals surface area contributed by atoms with Gasteiger partial charge in [0.05, 0.1) is 11.9 Å². The van der Waals surface area contributed by atoms with Gasteiger partial charge in [0.1, 0.15) is 0 Å².